The Labute approximate surface area is 294 Å². The Morgan fingerprint density at radius 2 is 1.19 bits per heavy atom. The van der Waals surface area contributed by atoms with Crippen LogP contribution in [0.2, 0.25) is 0 Å². The molecule has 1 fully saturated rings. The molecule has 0 atom stereocenters. The maximum Gasteiger partial charge on any atom is 0.490 e. The van der Waals surface area contributed by atoms with Crippen LogP contribution in [0.15, 0.2) is 66.7 Å². The molecule has 3 aromatic carbocycles. The number of amides is 1. The molecule has 1 amide bonds. The number of carboxylic acid groups (broad SMARTS) is 3. The largest absolute Gasteiger partial charge is 0.490 e. The van der Waals surface area contributed by atoms with E-state index in [4.69, 9.17) is 35.4 Å². The fraction of sp³-hybridized carbons (Fsp3) is 0.333. The number of carbonyl (C=O) groups is 4. The lowest BCUT2D eigenvalue weighted by Crippen LogP contribution is -2.28. The van der Waals surface area contributed by atoms with Crippen LogP contribution in [0, 0.1) is 11.7 Å². The zero-order valence-corrected chi connectivity index (χ0v) is 27.2. The van der Waals surface area contributed by atoms with Crippen LogP contribution in [0.4, 0.5) is 43.9 Å². The molecule has 292 valence electrons. The molecule has 0 aliphatic carbocycles. The molecule has 7 N–H and O–H groups in total. The van der Waals surface area contributed by atoms with E-state index in [2.05, 4.69) is 16.7 Å². The predicted octanol–water partition coefficient (Wildman–Crippen LogP) is 6.32. The molecule has 0 spiro atoms. The third-order valence-electron chi connectivity index (χ3n) is 6.86. The van der Waals surface area contributed by atoms with Crippen LogP contribution in [0.5, 0.6) is 0 Å². The maximum atomic E-state index is 14.5. The molecule has 0 unspecified atom stereocenters. The van der Waals surface area contributed by atoms with Gasteiger partial charge in [0.25, 0.3) is 5.91 Å². The third-order valence-corrected chi connectivity index (χ3v) is 6.86. The number of halogens is 10. The van der Waals surface area contributed by atoms with Gasteiger partial charge in [0, 0.05) is 24.2 Å². The van der Waals surface area contributed by atoms with Crippen LogP contribution in [-0.2, 0) is 33.9 Å². The number of benzene rings is 3. The van der Waals surface area contributed by atoms with Gasteiger partial charge in [0.1, 0.15) is 5.82 Å². The zero-order valence-electron chi connectivity index (χ0n) is 27.2. The van der Waals surface area contributed by atoms with Crippen LogP contribution in [-0.4, -0.2) is 70.8 Å². The third kappa shape index (κ3) is 17.7. The van der Waals surface area contributed by atoms with Gasteiger partial charge in [0.05, 0.1) is 0 Å². The Hall–Kier alpha value is -5.24. The predicted molar refractivity (Wildman–Crippen MR) is 168 cm³/mol. The number of nitrogens with two attached hydrogens (primary N) is 1. The van der Waals surface area contributed by atoms with Gasteiger partial charge in [-0.15, -0.1) is 0 Å². The lowest BCUT2D eigenvalue weighted by Gasteiger charge is -2.22. The van der Waals surface area contributed by atoms with E-state index in [1.807, 2.05) is 42.5 Å². The highest BCUT2D eigenvalue weighted by molar-refractivity contribution is 5.94. The Bertz CT molecular complexity index is 1620. The summed E-state index contributed by atoms with van der Waals surface area (Å²) < 4.78 is 110. The van der Waals surface area contributed by atoms with E-state index < -0.39 is 36.4 Å². The van der Waals surface area contributed by atoms with Crippen molar-refractivity contribution in [2.75, 3.05) is 13.1 Å². The van der Waals surface area contributed by atoms with Crippen molar-refractivity contribution in [2.45, 2.75) is 50.9 Å². The van der Waals surface area contributed by atoms with E-state index in [0.717, 1.165) is 36.2 Å². The topological polar surface area (TPSA) is 179 Å². The summed E-state index contributed by atoms with van der Waals surface area (Å²) in [6.07, 6.45) is -11.9. The lowest BCUT2D eigenvalue weighted by atomic mass is 9.90. The molecule has 0 radical (unpaired) electrons. The van der Waals surface area contributed by atoms with Gasteiger partial charge in [0.2, 0.25) is 0 Å². The first-order valence-corrected chi connectivity index (χ1v) is 15.0. The van der Waals surface area contributed by atoms with Gasteiger partial charge >= 0.3 is 36.4 Å². The molecule has 10 nitrogen and oxygen atoms in total. The molecular formula is C33H33F10N3O7. The minimum absolute atomic E-state index is 0.117. The van der Waals surface area contributed by atoms with E-state index in [-0.39, 0.29) is 11.7 Å². The first-order chi connectivity index (χ1) is 24.4. The fourth-order valence-electron chi connectivity index (χ4n) is 4.31. The van der Waals surface area contributed by atoms with Gasteiger partial charge in [-0.25, -0.2) is 18.8 Å². The quantitative estimate of drug-likeness (QED) is 0.150. The van der Waals surface area contributed by atoms with Gasteiger partial charge in [0.15, 0.2) is 0 Å². The number of piperidine rings is 1. The SMILES string of the molecule is NCc1cccc(-c2cc(CNC(=O)c3cccc(CC4CCNCC4)c3)ccc2F)c1.O=C(O)C(F)(F)F.O=C(O)C(F)(F)F.O=C(O)C(F)(F)F. The summed E-state index contributed by atoms with van der Waals surface area (Å²) in [7, 11) is 0. The van der Waals surface area contributed by atoms with Crippen LogP contribution in [0.25, 0.3) is 11.1 Å². The first-order valence-electron chi connectivity index (χ1n) is 15.0. The van der Waals surface area contributed by atoms with Crippen molar-refractivity contribution < 1.29 is 78.4 Å². The summed E-state index contributed by atoms with van der Waals surface area (Å²) in [5.74, 6) is -8.01. The van der Waals surface area contributed by atoms with Gasteiger partial charge in [-0.2, -0.15) is 39.5 Å². The molecule has 0 bridgehead atoms. The highest BCUT2D eigenvalue weighted by atomic mass is 19.4. The first kappa shape index (κ1) is 45.8. The number of alkyl halides is 9. The second-order valence-electron chi connectivity index (χ2n) is 10.9. The van der Waals surface area contributed by atoms with E-state index in [1.165, 1.54) is 24.5 Å². The molecule has 4 rings (SSSR count). The fourth-order valence-corrected chi connectivity index (χ4v) is 4.31. The summed E-state index contributed by atoms with van der Waals surface area (Å²) >= 11 is 0. The summed E-state index contributed by atoms with van der Waals surface area (Å²) in [4.78, 5) is 39.4. The number of hydrogen-bond acceptors (Lipinski definition) is 6. The Kier molecular flexibility index (Phi) is 17.9. The summed E-state index contributed by atoms with van der Waals surface area (Å²) in [5.41, 5.74) is 10.7. The van der Waals surface area contributed by atoms with Crippen LogP contribution >= 0.6 is 0 Å². The molecule has 1 aliphatic heterocycles. The Morgan fingerprint density at radius 1 is 0.698 bits per heavy atom. The number of carbonyl (C=O) groups excluding carboxylic acids is 1. The van der Waals surface area contributed by atoms with Crippen molar-refractivity contribution in [3.8, 4) is 11.1 Å². The van der Waals surface area contributed by atoms with Crippen molar-refractivity contribution in [1.82, 2.24) is 10.6 Å². The maximum absolute atomic E-state index is 14.5. The molecule has 0 aromatic heterocycles. The van der Waals surface area contributed by atoms with E-state index in [9.17, 15) is 48.7 Å². The minimum Gasteiger partial charge on any atom is -0.475 e. The van der Waals surface area contributed by atoms with E-state index in [0.29, 0.717) is 30.1 Å². The van der Waals surface area contributed by atoms with E-state index in [1.54, 1.807) is 12.1 Å². The smallest absolute Gasteiger partial charge is 0.475 e. The van der Waals surface area contributed by atoms with Crippen LogP contribution in [0.1, 0.15) is 39.9 Å². The van der Waals surface area contributed by atoms with Gasteiger partial charge in [-0.05, 0) is 90.9 Å². The normalized spacial score (nSPS) is 13.1. The standard InChI is InChI=1S/C27H30FN3O.3C2HF3O2/c28-26-8-7-22(16-25(26)23-5-2-4-21(15-23)17-29)18-31-27(32)24-6-1-3-20(14-24)13-19-9-11-30-12-10-19;3*3-2(4,5)1(6)7/h1-8,14-16,19,30H,9-13,17-18,29H2,(H,31,32);3*(H,6,7). The number of carboxylic acids is 3. The van der Waals surface area contributed by atoms with E-state index >= 15 is 0 Å². The zero-order chi connectivity index (χ0) is 40.6. The number of hydrogen-bond donors (Lipinski definition) is 6. The van der Waals surface area contributed by atoms with Crippen LogP contribution < -0.4 is 16.4 Å². The molecule has 3 aromatic rings. The summed E-state index contributed by atoms with van der Waals surface area (Å²) in [6.45, 7) is 2.88. The number of nitrogens with one attached hydrogen (secondary N) is 2. The molecule has 1 aliphatic rings. The van der Waals surface area contributed by atoms with Gasteiger partial charge in [-0.1, -0.05) is 36.4 Å². The Morgan fingerprint density at radius 3 is 1.68 bits per heavy atom. The Balaban J connectivity index is 0.000000545. The molecule has 1 heterocycles. The average Bonchev–Trinajstić information content (AvgIpc) is 3.08. The van der Waals surface area contributed by atoms with Crippen molar-refractivity contribution in [1.29, 1.82) is 0 Å². The van der Waals surface area contributed by atoms with Gasteiger partial charge < -0.3 is 31.7 Å². The highest BCUT2D eigenvalue weighted by Gasteiger charge is 2.39. The molecule has 0 saturated carbocycles. The van der Waals surface area contributed by atoms with Crippen molar-refractivity contribution >= 4 is 23.8 Å². The minimum atomic E-state index is -5.08. The molecular weight excluding hydrogens is 740 g/mol. The van der Waals surface area contributed by atoms with Gasteiger partial charge in [-0.3, -0.25) is 4.79 Å². The van der Waals surface area contributed by atoms with Crippen molar-refractivity contribution in [3.05, 3.63) is 94.8 Å². The monoisotopic (exact) mass is 773 g/mol. The second kappa shape index (κ2) is 20.7. The molecule has 53 heavy (non-hydrogen) atoms. The van der Waals surface area contributed by atoms with Crippen molar-refractivity contribution in [3.63, 3.8) is 0 Å². The average molecular weight is 774 g/mol. The number of aliphatic carboxylic acids is 3. The van der Waals surface area contributed by atoms with Crippen LogP contribution in [0.3, 0.4) is 0 Å². The number of rotatable bonds is 7. The molecule has 20 heteroatoms. The molecule has 1 saturated heterocycles. The highest BCUT2D eigenvalue weighted by Crippen LogP contribution is 2.25. The lowest BCUT2D eigenvalue weighted by molar-refractivity contribution is -0.193. The summed E-state index contributed by atoms with van der Waals surface area (Å²) in [6, 6.07) is 20.4. The summed E-state index contributed by atoms with van der Waals surface area (Å²) in [5, 5.41) is 27.7. The van der Waals surface area contributed by atoms with Crippen molar-refractivity contribution in [2.24, 2.45) is 11.7 Å². The second-order valence-corrected chi connectivity index (χ2v) is 10.9.